The lowest BCUT2D eigenvalue weighted by atomic mass is 9.88. The van der Waals surface area contributed by atoms with Gasteiger partial charge in [-0.1, -0.05) is 38.5 Å². The number of carbonyl (C=O) groups is 1. The Morgan fingerprint density at radius 3 is 2.51 bits per heavy atom. The van der Waals surface area contributed by atoms with Gasteiger partial charge in [0.15, 0.2) is 0 Å². The first-order valence-corrected chi connectivity index (χ1v) is 13.5. The summed E-state index contributed by atoms with van der Waals surface area (Å²) in [6.07, 6.45) is 5.00. The van der Waals surface area contributed by atoms with Crippen molar-refractivity contribution in [2.75, 3.05) is 19.7 Å². The second kappa shape index (κ2) is 12.2. The van der Waals surface area contributed by atoms with E-state index in [1.165, 1.54) is 12.0 Å². The summed E-state index contributed by atoms with van der Waals surface area (Å²) in [7, 11) is 0. The van der Waals surface area contributed by atoms with Crippen LogP contribution in [-0.4, -0.2) is 40.5 Å². The van der Waals surface area contributed by atoms with E-state index in [-0.39, 0.29) is 5.91 Å². The molecule has 1 amide bonds. The molecule has 0 saturated carbocycles. The predicted molar refractivity (Wildman–Crippen MR) is 146 cm³/mol. The standard InChI is InChI=1S/C28H30N4O2.C3H8/c1-18-14-19(2)24(15-23(18)27-30-25-4-3-13-34-17-26(25)31-27)28(33)32-11-9-22(10-12-32)21-7-5-20(16-29)6-8-21;1-3-2/h5-8,14-15,22H,3-4,9-13,17H2,1-2H3,(H,30,31);3H2,1-2H3. The number of nitriles is 1. The van der Waals surface area contributed by atoms with Crippen molar-refractivity contribution in [1.82, 2.24) is 14.9 Å². The van der Waals surface area contributed by atoms with Gasteiger partial charge >= 0.3 is 0 Å². The summed E-state index contributed by atoms with van der Waals surface area (Å²) in [4.78, 5) is 23.8. The van der Waals surface area contributed by atoms with Crippen LogP contribution in [0.1, 0.15) is 89.4 Å². The number of rotatable bonds is 3. The summed E-state index contributed by atoms with van der Waals surface area (Å²) >= 11 is 0. The van der Waals surface area contributed by atoms with E-state index in [2.05, 4.69) is 37.9 Å². The number of hydrogen-bond acceptors (Lipinski definition) is 4. The SMILES string of the molecule is CCC.Cc1cc(C)c(-c2nc3c([nH]2)COCCC3)cc1C(=O)N1CCC(c2ccc(C#N)cc2)CC1. The zero-order chi connectivity index (χ0) is 26.4. The smallest absolute Gasteiger partial charge is 0.254 e. The first kappa shape index (κ1) is 26.6. The van der Waals surface area contributed by atoms with Crippen LogP contribution in [0, 0.1) is 25.2 Å². The molecule has 6 nitrogen and oxygen atoms in total. The van der Waals surface area contributed by atoms with Crippen LogP contribution in [0.15, 0.2) is 36.4 Å². The maximum absolute atomic E-state index is 13.5. The Morgan fingerprint density at radius 1 is 1.14 bits per heavy atom. The van der Waals surface area contributed by atoms with Gasteiger partial charge in [-0.2, -0.15) is 5.26 Å². The first-order valence-electron chi connectivity index (χ1n) is 13.5. The van der Waals surface area contributed by atoms with Crippen LogP contribution in [0.2, 0.25) is 0 Å². The van der Waals surface area contributed by atoms with Crippen LogP contribution in [0.3, 0.4) is 0 Å². The number of aryl methyl sites for hydroxylation is 3. The molecule has 0 atom stereocenters. The fourth-order valence-corrected chi connectivity index (χ4v) is 5.17. The third-order valence-corrected chi connectivity index (χ3v) is 7.16. The molecule has 0 bridgehead atoms. The summed E-state index contributed by atoms with van der Waals surface area (Å²) < 4.78 is 5.67. The van der Waals surface area contributed by atoms with Crippen LogP contribution >= 0.6 is 0 Å². The first-order chi connectivity index (χ1) is 17.9. The van der Waals surface area contributed by atoms with Gasteiger partial charge in [-0.15, -0.1) is 0 Å². The monoisotopic (exact) mass is 498 g/mol. The van der Waals surface area contributed by atoms with Gasteiger partial charge in [0.2, 0.25) is 0 Å². The van der Waals surface area contributed by atoms with Crippen molar-refractivity contribution in [3.05, 3.63) is 75.6 Å². The van der Waals surface area contributed by atoms with E-state index < -0.39 is 0 Å². The van der Waals surface area contributed by atoms with E-state index in [1.807, 2.05) is 42.2 Å². The highest BCUT2D eigenvalue weighted by atomic mass is 16.5. The Kier molecular flexibility index (Phi) is 8.78. The highest BCUT2D eigenvalue weighted by molar-refractivity contribution is 5.97. The number of aromatic amines is 1. The van der Waals surface area contributed by atoms with Gasteiger partial charge in [-0.25, -0.2) is 4.98 Å². The molecule has 3 heterocycles. The van der Waals surface area contributed by atoms with Crippen molar-refractivity contribution < 1.29 is 9.53 Å². The van der Waals surface area contributed by atoms with E-state index >= 15 is 0 Å². The van der Waals surface area contributed by atoms with Gasteiger partial charge in [0, 0.05) is 30.8 Å². The molecule has 1 aromatic heterocycles. The molecule has 5 rings (SSSR count). The number of amides is 1. The minimum absolute atomic E-state index is 0.0912. The van der Waals surface area contributed by atoms with Gasteiger partial charge in [0.25, 0.3) is 5.91 Å². The van der Waals surface area contributed by atoms with E-state index in [9.17, 15) is 4.79 Å². The fourth-order valence-electron chi connectivity index (χ4n) is 5.17. The number of ether oxygens (including phenoxy) is 1. The summed E-state index contributed by atoms with van der Waals surface area (Å²) in [6, 6.07) is 14.1. The quantitative estimate of drug-likeness (QED) is 0.449. The second-order valence-electron chi connectivity index (χ2n) is 10.2. The molecular weight excluding hydrogens is 460 g/mol. The van der Waals surface area contributed by atoms with Gasteiger partial charge < -0.3 is 14.6 Å². The predicted octanol–water partition coefficient (Wildman–Crippen LogP) is 6.46. The van der Waals surface area contributed by atoms with Crippen molar-refractivity contribution in [2.24, 2.45) is 0 Å². The zero-order valence-corrected chi connectivity index (χ0v) is 22.6. The molecule has 1 N–H and O–H groups in total. The number of likely N-dealkylation sites (tertiary alicyclic amines) is 1. The molecule has 2 aliphatic rings. The largest absolute Gasteiger partial charge is 0.375 e. The molecule has 0 radical (unpaired) electrons. The number of nitrogens with one attached hydrogen (secondary N) is 1. The third-order valence-electron chi connectivity index (χ3n) is 7.16. The summed E-state index contributed by atoms with van der Waals surface area (Å²) in [5.74, 6) is 1.34. The van der Waals surface area contributed by atoms with E-state index in [0.717, 1.165) is 84.8 Å². The van der Waals surface area contributed by atoms with Crippen LogP contribution < -0.4 is 0 Å². The van der Waals surface area contributed by atoms with Gasteiger partial charge in [0.1, 0.15) is 5.82 Å². The Hall–Kier alpha value is -3.43. The van der Waals surface area contributed by atoms with Crippen molar-refractivity contribution in [1.29, 1.82) is 5.26 Å². The van der Waals surface area contributed by atoms with Crippen molar-refractivity contribution in [3.8, 4) is 17.5 Å². The lowest BCUT2D eigenvalue weighted by Gasteiger charge is -2.32. The fraction of sp³-hybridized carbons (Fsp3) is 0.452. The average Bonchev–Trinajstić information content (AvgIpc) is 3.18. The number of imidazole rings is 1. The Bertz CT molecular complexity index is 1240. The number of aromatic nitrogens is 2. The maximum Gasteiger partial charge on any atom is 0.254 e. The molecule has 0 aliphatic carbocycles. The molecule has 37 heavy (non-hydrogen) atoms. The summed E-state index contributed by atoms with van der Waals surface area (Å²) in [5.41, 5.74) is 7.89. The molecule has 3 aromatic rings. The number of benzene rings is 2. The van der Waals surface area contributed by atoms with E-state index in [1.54, 1.807) is 0 Å². The average molecular weight is 499 g/mol. The molecule has 194 valence electrons. The maximum atomic E-state index is 13.5. The van der Waals surface area contributed by atoms with Crippen LogP contribution in [0.25, 0.3) is 11.4 Å². The zero-order valence-electron chi connectivity index (χ0n) is 22.6. The number of piperidine rings is 1. The molecule has 6 heteroatoms. The number of hydrogen-bond donors (Lipinski definition) is 1. The van der Waals surface area contributed by atoms with E-state index in [0.29, 0.717) is 18.1 Å². The highest BCUT2D eigenvalue weighted by Gasteiger charge is 2.26. The van der Waals surface area contributed by atoms with Crippen molar-refractivity contribution in [3.63, 3.8) is 0 Å². The molecule has 1 saturated heterocycles. The lowest BCUT2D eigenvalue weighted by molar-refractivity contribution is 0.0712. The third kappa shape index (κ3) is 6.11. The summed E-state index contributed by atoms with van der Waals surface area (Å²) in [6.45, 7) is 11.1. The Morgan fingerprint density at radius 2 is 1.84 bits per heavy atom. The molecule has 2 aliphatic heterocycles. The topological polar surface area (TPSA) is 82.0 Å². The lowest BCUT2D eigenvalue weighted by Crippen LogP contribution is -2.38. The number of fused-ring (bicyclic) bond motifs is 1. The summed E-state index contributed by atoms with van der Waals surface area (Å²) in [5, 5.41) is 9.02. The Labute approximate surface area is 220 Å². The Balaban J connectivity index is 0.00000102. The van der Waals surface area contributed by atoms with Gasteiger partial charge in [0.05, 0.1) is 29.6 Å². The highest BCUT2D eigenvalue weighted by Crippen LogP contribution is 2.31. The number of carbonyl (C=O) groups excluding carboxylic acids is 1. The van der Waals surface area contributed by atoms with Gasteiger partial charge in [-0.3, -0.25) is 4.79 Å². The van der Waals surface area contributed by atoms with E-state index in [4.69, 9.17) is 15.0 Å². The normalized spacial score (nSPS) is 15.7. The van der Waals surface area contributed by atoms with Crippen molar-refractivity contribution >= 4 is 5.91 Å². The second-order valence-corrected chi connectivity index (χ2v) is 10.2. The molecular formula is C31H38N4O2. The number of H-pyrrole nitrogens is 1. The molecule has 0 spiro atoms. The van der Waals surface area contributed by atoms with Crippen LogP contribution in [0.4, 0.5) is 0 Å². The minimum atomic E-state index is 0.0912. The number of nitrogens with zero attached hydrogens (tertiary/aromatic N) is 3. The van der Waals surface area contributed by atoms with Gasteiger partial charge in [-0.05, 0) is 80.3 Å². The molecule has 1 fully saturated rings. The van der Waals surface area contributed by atoms with Crippen LogP contribution in [-0.2, 0) is 17.8 Å². The van der Waals surface area contributed by atoms with Crippen molar-refractivity contribution in [2.45, 2.75) is 72.3 Å². The van der Waals surface area contributed by atoms with Crippen LogP contribution in [0.5, 0.6) is 0 Å². The minimum Gasteiger partial charge on any atom is -0.375 e. The molecule has 0 unspecified atom stereocenters. The molecule has 2 aromatic carbocycles.